The lowest BCUT2D eigenvalue weighted by molar-refractivity contribution is 0.0486. The number of fused-ring (bicyclic) bond motifs is 1. The van der Waals surface area contributed by atoms with E-state index in [-0.39, 0.29) is 23.0 Å². The number of carbonyl (C=O) groups is 1. The van der Waals surface area contributed by atoms with Gasteiger partial charge in [-0.2, -0.15) is 4.31 Å². The Morgan fingerprint density at radius 3 is 2.32 bits per heavy atom. The first-order chi connectivity index (χ1) is 16.5. The zero-order chi connectivity index (χ0) is 23.6. The highest BCUT2D eigenvalue weighted by Gasteiger charge is 2.36. The maximum Gasteiger partial charge on any atom is 0.251 e. The zero-order valence-corrected chi connectivity index (χ0v) is 19.6. The molecule has 0 aromatic heterocycles. The van der Waals surface area contributed by atoms with Crippen LogP contribution in [-0.2, 0) is 24.9 Å². The summed E-state index contributed by atoms with van der Waals surface area (Å²) in [5.41, 5.74) is 1.20. The minimum Gasteiger partial charge on any atom is -0.454 e. The van der Waals surface area contributed by atoms with Gasteiger partial charge in [-0.3, -0.25) is 4.79 Å². The van der Waals surface area contributed by atoms with Crippen molar-refractivity contribution >= 4 is 15.9 Å². The number of benzene rings is 2. The van der Waals surface area contributed by atoms with Gasteiger partial charge in [-0.15, -0.1) is 0 Å². The molecule has 2 fully saturated rings. The Morgan fingerprint density at radius 2 is 1.59 bits per heavy atom. The van der Waals surface area contributed by atoms with E-state index < -0.39 is 10.0 Å². The third kappa shape index (κ3) is 4.50. The Hall–Kier alpha value is -2.66. The quantitative estimate of drug-likeness (QED) is 0.663. The van der Waals surface area contributed by atoms with Gasteiger partial charge in [0.2, 0.25) is 16.8 Å². The van der Waals surface area contributed by atoms with Crippen LogP contribution in [0.3, 0.4) is 0 Å². The molecule has 1 amide bonds. The van der Waals surface area contributed by atoms with E-state index in [0.29, 0.717) is 57.4 Å². The summed E-state index contributed by atoms with van der Waals surface area (Å²) in [7, 11) is -3.60. The van der Waals surface area contributed by atoms with E-state index in [1.807, 2.05) is 18.2 Å². The van der Waals surface area contributed by atoms with Crippen LogP contribution in [0.4, 0.5) is 0 Å². The first-order valence-corrected chi connectivity index (χ1v) is 12.9. The molecule has 0 spiro atoms. The van der Waals surface area contributed by atoms with Gasteiger partial charge < -0.3 is 24.3 Å². The van der Waals surface area contributed by atoms with Crippen LogP contribution in [0.1, 0.15) is 28.8 Å². The maximum atomic E-state index is 12.9. The molecule has 3 heterocycles. The summed E-state index contributed by atoms with van der Waals surface area (Å²) >= 11 is 0. The highest BCUT2D eigenvalue weighted by molar-refractivity contribution is 7.89. The molecule has 182 valence electrons. The molecule has 0 radical (unpaired) electrons. The van der Waals surface area contributed by atoms with Gasteiger partial charge in [0.05, 0.1) is 18.1 Å². The summed E-state index contributed by atoms with van der Waals surface area (Å²) in [6, 6.07) is 12.0. The Bertz CT molecular complexity index is 1140. The molecule has 3 aliphatic heterocycles. The van der Waals surface area contributed by atoms with Crippen molar-refractivity contribution in [2.24, 2.45) is 0 Å². The highest BCUT2D eigenvalue weighted by atomic mass is 32.2. The van der Waals surface area contributed by atoms with Crippen LogP contribution >= 0.6 is 0 Å². The monoisotopic (exact) mass is 488 g/mol. The van der Waals surface area contributed by atoms with E-state index in [0.717, 1.165) is 24.2 Å². The van der Waals surface area contributed by atoms with Crippen molar-refractivity contribution in [2.45, 2.75) is 23.2 Å². The second-order valence-corrected chi connectivity index (χ2v) is 10.6. The minimum atomic E-state index is -3.60. The third-order valence-electron chi connectivity index (χ3n) is 6.75. The summed E-state index contributed by atoms with van der Waals surface area (Å²) in [5.74, 6) is 1.19. The van der Waals surface area contributed by atoms with Gasteiger partial charge in [0.15, 0.2) is 11.5 Å². The lowest BCUT2D eigenvalue weighted by Crippen LogP contribution is -2.44. The fraction of sp³-hybridized carbons (Fsp3) is 0.458. The number of hydrogen-bond donors (Lipinski definition) is 1. The van der Waals surface area contributed by atoms with Crippen LogP contribution in [-0.4, -0.2) is 71.5 Å². The fourth-order valence-corrected chi connectivity index (χ4v) is 6.03. The van der Waals surface area contributed by atoms with Crippen molar-refractivity contribution in [2.75, 3.05) is 52.9 Å². The lowest BCUT2D eigenvalue weighted by atomic mass is 9.74. The number of nitrogens with zero attached hydrogens (tertiary/aromatic N) is 1. The summed E-state index contributed by atoms with van der Waals surface area (Å²) in [5, 5.41) is 3.05. The number of morpholine rings is 1. The normalized spacial score (nSPS) is 20.1. The average Bonchev–Trinajstić information content (AvgIpc) is 3.36. The van der Waals surface area contributed by atoms with Crippen molar-refractivity contribution < 1.29 is 32.2 Å². The molecule has 0 atom stereocenters. The third-order valence-corrected chi connectivity index (χ3v) is 8.66. The Morgan fingerprint density at radius 1 is 0.912 bits per heavy atom. The molecule has 2 aromatic rings. The molecule has 34 heavy (non-hydrogen) atoms. The van der Waals surface area contributed by atoms with Gasteiger partial charge >= 0.3 is 0 Å². The Balaban J connectivity index is 1.29. The first kappa shape index (κ1) is 23.1. The van der Waals surface area contributed by atoms with E-state index in [4.69, 9.17) is 18.9 Å². The number of nitrogens with one attached hydrogen (secondary N) is 1. The Labute approximate surface area is 199 Å². The second-order valence-electron chi connectivity index (χ2n) is 8.68. The smallest absolute Gasteiger partial charge is 0.251 e. The lowest BCUT2D eigenvalue weighted by Gasteiger charge is -2.38. The van der Waals surface area contributed by atoms with Gasteiger partial charge in [-0.25, -0.2) is 8.42 Å². The molecule has 5 rings (SSSR count). The zero-order valence-electron chi connectivity index (χ0n) is 18.8. The van der Waals surface area contributed by atoms with E-state index in [2.05, 4.69) is 5.32 Å². The van der Waals surface area contributed by atoms with Gasteiger partial charge in [0.25, 0.3) is 5.91 Å². The van der Waals surface area contributed by atoms with E-state index in [1.54, 1.807) is 12.1 Å². The largest absolute Gasteiger partial charge is 0.454 e. The van der Waals surface area contributed by atoms with E-state index >= 15 is 0 Å². The van der Waals surface area contributed by atoms with Crippen LogP contribution in [0.15, 0.2) is 47.4 Å². The van der Waals surface area contributed by atoms with Crippen molar-refractivity contribution in [3.05, 3.63) is 53.6 Å². The van der Waals surface area contributed by atoms with E-state index in [9.17, 15) is 13.2 Å². The van der Waals surface area contributed by atoms with Crippen LogP contribution in [0, 0.1) is 0 Å². The predicted molar refractivity (Wildman–Crippen MR) is 123 cm³/mol. The number of sulfonamides is 1. The number of carbonyl (C=O) groups excluding carboxylic acids is 1. The van der Waals surface area contributed by atoms with Crippen molar-refractivity contribution in [1.29, 1.82) is 0 Å². The van der Waals surface area contributed by atoms with Gasteiger partial charge in [-0.1, -0.05) is 6.07 Å². The number of rotatable bonds is 6. The summed E-state index contributed by atoms with van der Waals surface area (Å²) in [4.78, 5) is 13.1. The van der Waals surface area contributed by atoms with Gasteiger partial charge in [0, 0.05) is 43.8 Å². The first-order valence-electron chi connectivity index (χ1n) is 11.4. The summed E-state index contributed by atoms with van der Waals surface area (Å²) in [6.45, 7) is 3.29. The molecule has 1 N–H and O–H groups in total. The molecule has 0 unspecified atom stereocenters. The summed E-state index contributed by atoms with van der Waals surface area (Å²) in [6.07, 6.45) is 1.54. The topological polar surface area (TPSA) is 103 Å². The molecular formula is C24H28N2O7S. The molecule has 2 saturated heterocycles. The molecule has 2 aromatic carbocycles. The van der Waals surface area contributed by atoms with Crippen LogP contribution in [0.2, 0.25) is 0 Å². The molecule has 0 saturated carbocycles. The highest BCUT2D eigenvalue weighted by Crippen LogP contribution is 2.40. The average molecular weight is 489 g/mol. The Kier molecular flexibility index (Phi) is 6.48. The van der Waals surface area contributed by atoms with Crippen molar-refractivity contribution in [3.8, 4) is 11.5 Å². The van der Waals surface area contributed by atoms with Gasteiger partial charge in [-0.05, 0) is 54.8 Å². The summed E-state index contributed by atoms with van der Waals surface area (Å²) < 4.78 is 48.9. The molecule has 9 nitrogen and oxygen atoms in total. The molecule has 0 bridgehead atoms. The number of amides is 1. The number of hydrogen-bond acceptors (Lipinski definition) is 7. The SMILES string of the molecule is O=C(NCC1(c2ccc3c(c2)OCO3)CCOCC1)c1ccc(S(=O)(=O)N2CCOCC2)cc1. The van der Waals surface area contributed by atoms with Crippen molar-refractivity contribution in [3.63, 3.8) is 0 Å². The van der Waals surface area contributed by atoms with Crippen LogP contribution in [0.25, 0.3) is 0 Å². The minimum absolute atomic E-state index is 0.173. The molecule has 3 aliphatic rings. The predicted octanol–water partition coefficient (Wildman–Crippen LogP) is 1.91. The number of ether oxygens (including phenoxy) is 4. The molecular weight excluding hydrogens is 460 g/mol. The van der Waals surface area contributed by atoms with Crippen molar-refractivity contribution in [1.82, 2.24) is 9.62 Å². The molecule has 0 aliphatic carbocycles. The van der Waals surface area contributed by atoms with Crippen LogP contribution in [0.5, 0.6) is 11.5 Å². The second kappa shape index (κ2) is 9.53. The maximum absolute atomic E-state index is 12.9. The van der Waals surface area contributed by atoms with E-state index in [1.165, 1.54) is 16.4 Å². The molecule has 10 heteroatoms. The van der Waals surface area contributed by atoms with Gasteiger partial charge in [0.1, 0.15) is 0 Å². The standard InChI is InChI=1S/C24H28N2O7S/c27-23(18-1-4-20(5-2-18)34(28,29)26-9-13-31-14-10-26)25-16-24(7-11-30-12-8-24)19-3-6-21-22(15-19)33-17-32-21/h1-6,15H,7-14,16-17H2,(H,25,27). The van der Waals surface area contributed by atoms with Crippen LogP contribution < -0.4 is 14.8 Å². The fourth-order valence-electron chi connectivity index (χ4n) is 4.62.